The molecule has 7 nitrogen and oxygen atoms in total. The van der Waals surface area contributed by atoms with Crippen LogP contribution in [0.2, 0.25) is 5.02 Å². The maximum absolute atomic E-state index is 12.7. The fourth-order valence-corrected chi connectivity index (χ4v) is 3.76. The van der Waals surface area contributed by atoms with Gasteiger partial charge in [-0.1, -0.05) is 35.0 Å². The lowest BCUT2D eigenvalue weighted by atomic mass is 10.1. The smallest absolute Gasteiger partial charge is 0.274 e. The van der Waals surface area contributed by atoms with E-state index >= 15 is 0 Å². The molecule has 4 rings (SSSR count). The van der Waals surface area contributed by atoms with E-state index in [0.29, 0.717) is 22.8 Å². The molecule has 30 heavy (non-hydrogen) atoms. The quantitative estimate of drug-likeness (QED) is 0.682. The van der Waals surface area contributed by atoms with Crippen LogP contribution in [0.15, 0.2) is 48.5 Å². The van der Waals surface area contributed by atoms with Gasteiger partial charge in [-0.05, 0) is 55.7 Å². The van der Waals surface area contributed by atoms with Gasteiger partial charge in [-0.2, -0.15) is 0 Å². The van der Waals surface area contributed by atoms with Gasteiger partial charge in [0.1, 0.15) is 0 Å². The van der Waals surface area contributed by atoms with Crippen molar-refractivity contribution < 1.29 is 9.59 Å². The molecule has 0 saturated carbocycles. The van der Waals surface area contributed by atoms with Crippen LogP contribution in [0.3, 0.4) is 0 Å². The van der Waals surface area contributed by atoms with Crippen molar-refractivity contribution in [2.75, 3.05) is 13.1 Å². The summed E-state index contributed by atoms with van der Waals surface area (Å²) in [4.78, 5) is 27.1. The summed E-state index contributed by atoms with van der Waals surface area (Å²) in [6.07, 6.45) is 2.10. The Kier molecular flexibility index (Phi) is 5.81. The van der Waals surface area contributed by atoms with Crippen molar-refractivity contribution in [3.05, 3.63) is 76.1 Å². The van der Waals surface area contributed by atoms with E-state index in [9.17, 15) is 9.59 Å². The highest BCUT2D eigenvalue weighted by molar-refractivity contribution is 6.30. The molecule has 0 radical (unpaired) electrons. The Hall–Kier alpha value is -3.19. The number of hydrogen-bond donors (Lipinski definition) is 1. The highest BCUT2D eigenvalue weighted by Crippen LogP contribution is 2.17. The monoisotopic (exact) mass is 423 g/mol. The molecule has 1 N–H and O–H groups in total. The number of nitrogens with one attached hydrogen (secondary N) is 1. The van der Waals surface area contributed by atoms with Crippen LogP contribution < -0.4 is 5.32 Å². The fraction of sp³-hybridized carbons (Fsp3) is 0.273. The van der Waals surface area contributed by atoms with Gasteiger partial charge in [0.15, 0.2) is 5.69 Å². The minimum atomic E-state index is -0.322. The summed E-state index contributed by atoms with van der Waals surface area (Å²) < 4.78 is 1.58. The van der Waals surface area contributed by atoms with Gasteiger partial charge in [0.25, 0.3) is 11.8 Å². The summed E-state index contributed by atoms with van der Waals surface area (Å²) >= 11 is 6.04. The second kappa shape index (κ2) is 8.67. The van der Waals surface area contributed by atoms with Crippen LogP contribution in [0, 0.1) is 6.92 Å². The second-order valence-corrected chi connectivity index (χ2v) is 7.73. The normalized spacial score (nSPS) is 13.5. The van der Waals surface area contributed by atoms with Crippen molar-refractivity contribution in [2.24, 2.45) is 0 Å². The lowest BCUT2D eigenvalue weighted by Gasteiger charge is -2.15. The van der Waals surface area contributed by atoms with Gasteiger partial charge >= 0.3 is 0 Å². The predicted molar refractivity (Wildman–Crippen MR) is 114 cm³/mol. The first-order valence-electron chi connectivity index (χ1n) is 9.87. The van der Waals surface area contributed by atoms with Crippen molar-refractivity contribution in [3.8, 4) is 5.69 Å². The van der Waals surface area contributed by atoms with E-state index in [1.54, 1.807) is 23.7 Å². The highest BCUT2D eigenvalue weighted by atomic mass is 35.5. The average molecular weight is 424 g/mol. The van der Waals surface area contributed by atoms with Crippen LogP contribution in [-0.2, 0) is 6.54 Å². The van der Waals surface area contributed by atoms with E-state index in [1.807, 2.05) is 41.3 Å². The summed E-state index contributed by atoms with van der Waals surface area (Å²) in [5.74, 6) is -0.280. The molecule has 2 heterocycles. The zero-order valence-electron chi connectivity index (χ0n) is 16.6. The molecule has 154 valence electrons. The molecule has 1 saturated heterocycles. The number of rotatable bonds is 5. The molecule has 1 fully saturated rings. The molecule has 2 amide bonds. The number of nitrogens with zero attached hydrogens (tertiary/aromatic N) is 4. The van der Waals surface area contributed by atoms with Gasteiger partial charge in [0.2, 0.25) is 0 Å². The van der Waals surface area contributed by atoms with Crippen LogP contribution in [0.4, 0.5) is 0 Å². The van der Waals surface area contributed by atoms with Crippen molar-refractivity contribution in [3.63, 3.8) is 0 Å². The topological polar surface area (TPSA) is 80.1 Å². The summed E-state index contributed by atoms with van der Waals surface area (Å²) in [5, 5.41) is 11.6. The van der Waals surface area contributed by atoms with E-state index in [0.717, 1.165) is 37.2 Å². The number of halogens is 1. The Labute approximate surface area is 179 Å². The average Bonchev–Trinajstić information content (AvgIpc) is 3.42. The zero-order chi connectivity index (χ0) is 21.1. The predicted octanol–water partition coefficient (Wildman–Crippen LogP) is 3.40. The van der Waals surface area contributed by atoms with E-state index < -0.39 is 0 Å². The second-order valence-electron chi connectivity index (χ2n) is 7.30. The Morgan fingerprint density at radius 2 is 1.87 bits per heavy atom. The number of carbonyl (C=O) groups is 2. The molecule has 3 aromatic rings. The lowest BCUT2D eigenvalue weighted by Crippen LogP contribution is -2.28. The minimum Gasteiger partial charge on any atom is -0.347 e. The number of benzene rings is 2. The van der Waals surface area contributed by atoms with Gasteiger partial charge in [-0.25, -0.2) is 4.68 Å². The number of aromatic nitrogens is 3. The molecular formula is C22H22ClN5O2. The molecule has 1 aliphatic rings. The van der Waals surface area contributed by atoms with Crippen LogP contribution in [-0.4, -0.2) is 44.8 Å². The largest absolute Gasteiger partial charge is 0.347 e. The van der Waals surface area contributed by atoms with Gasteiger partial charge < -0.3 is 10.2 Å². The highest BCUT2D eigenvalue weighted by Gasteiger charge is 2.20. The number of amides is 2. The zero-order valence-corrected chi connectivity index (χ0v) is 17.4. The van der Waals surface area contributed by atoms with Crippen LogP contribution in [0.5, 0.6) is 0 Å². The van der Waals surface area contributed by atoms with Crippen molar-refractivity contribution >= 4 is 23.4 Å². The molecular weight excluding hydrogens is 402 g/mol. The lowest BCUT2D eigenvalue weighted by molar-refractivity contribution is 0.0792. The molecule has 0 bridgehead atoms. The fourth-order valence-electron chi connectivity index (χ4n) is 3.58. The first-order chi connectivity index (χ1) is 14.5. The molecule has 0 spiro atoms. The van der Waals surface area contributed by atoms with Crippen molar-refractivity contribution in [1.82, 2.24) is 25.2 Å². The Morgan fingerprint density at radius 1 is 1.10 bits per heavy atom. The maximum atomic E-state index is 12.7. The molecule has 2 aromatic carbocycles. The van der Waals surface area contributed by atoms with Crippen LogP contribution >= 0.6 is 11.6 Å². The third-order valence-corrected chi connectivity index (χ3v) is 5.42. The summed E-state index contributed by atoms with van der Waals surface area (Å²) in [6.45, 7) is 3.69. The Balaban J connectivity index is 1.44. The Morgan fingerprint density at radius 3 is 2.63 bits per heavy atom. The number of carbonyl (C=O) groups excluding carboxylic acids is 2. The minimum absolute atomic E-state index is 0.0426. The molecule has 0 atom stereocenters. The van der Waals surface area contributed by atoms with E-state index in [4.69, 9.17) is 11.6 Å². The Bertz CT molecular complexity index is 1090. The third-order valence-electron chi connectivity index (χ3n) is 5.18. The summed E-state index contributed by atoms with van der Waals surface area (Å²) in [7, 11) is 0. The molecule has 1 aliphatic heterocycles. The molecule has 8 heteroatoms. The maximum Gasteiger partial charge on any atom is 0.274 e. The molecule has 0 aliphatic carbocycles. The summed E-state index contributed by atoms with van der Waals surface area (Å²) in [5.41, 5.74) is 3.10. The third kappa shape index (κ3) is 4.21. The van der Waals surface area contributed by atoms with Gasteiger partial charge in [-0.15, -0.1) is 5.10 Å². The molecule has 1 aromatic heterocycles. The van der Waals surface area contributed by atoms with E-state index in [1.165, 1.54) is 0 Å². The van der Waals surface area contributed by atoms with Gasteiger partial charge in [0.05, 0.1) is 11.4 Å². The van der Waals surface area contributed by atoms with Gasteiger partial charge in [0, 0.05) is 30.2 Å². The first kappa shape index (κ1) is 20.1. The van der Waals surface area contributed by atoms with Crippen LogP contribution in [0.1, 0.15) is 44.9 Å². The number of hydrogen-bond acceptors (Lipinski definition) is 4. The molecule has 0 unspecified atom stereocenters. The standard InChI is InChI=1S/C22H22ClN5O2/c1-15-20(25-26-28(15)19-9-5-8-18(23)13-19)21(29)24-14-16-6-4-7-17(12-16)22(30)27-10-2-3-11-27/h4-9,12-13H,2-3,10-11,14H2,1H3,(H,24,29). The number of likely N-dealkylation sites (tertiary alicyclic amines) is 1. The van der Waals surface area contributed by atoms with Crippen LogP contribution in [0.25, 0.3) is 5.69 Å². The van der Waals surface area contributed by atoms with Crippen molar-refractivity contribution in [2.45, 2.75) is 26.3 Å². The first-order valence-corrected chi connectivity index (χ1v) is 10.3. The SMILES string of the molecule is Cc1c(C(=O)NCc2cccc(C(=O)N3CCCC3)c2)nnn1-c1cccc(Cl)c1. The van der Waals surface area contributed by atoms with E-state index in [2.05, 4.69) is 15.6 Å². The van der Waals surface area contributed by atoms with Gasteiger partial charge in [-0.3, -0.25) is 9.59 Å². The van der Waals surface area contributed by atoms with E-state index in [-0.39, 0.29) is 17.5 Å². The van der Waals surface area contributed by atoms with Crippen molar-refractivity contribution in [1.29, 1.82) is 0 Å². The summed E-state index contributed by atoms with van der Waals surface area (Å²) in [6, 6.07) is 14.6.